The van der Waals surface area contributed by atoms with Crippen LogP contribution in [0, 0.1) is 17.2 Å². The second-order valence-electron chi connectivity index (χ2n) is 6.60. The first-order valence-corrected chi connectivity index (χ1v) is 9.46. The summed E-state index contributed by atoms with van der Waals surface area (Å²) < 4.78 is 4.83. The van der Waals surface area contributed by atoms with Crippen molar-refractivity contribution in [3.05, 3.63) is 47.7 Å². The molecule has 1 heterocycles. The smallest absolute Gasteiger partial charge is 0.307 e. The lowest BCUT2D eigenvalue weighted by atomic mass is 9.90. The zero-order valence-electron chi connectivity index (χ0n) is 15.8. The lowest BCUT2D eigenvalue weighted by Crippen LogP contribution is -2.39. The van der Waals surface area contributed by atoms with Gasteiger partial charge in [-0.05, 0) is 37.7 Å². The molecule has 2 rings (SSSR count). The molecular formula is C21H27N3O3. The molecular weight excluding hydrogens is 342 g/mol. The Hall–Kier alpha value is -2.81. The van der Waals surface area contributed by atoms with Crippen LogP contribution < -0.4 is 5.32 Å². The fraction of sp³-hybridized carbons (Fsp3) is 0.476. The molecule has 1 aromatic carbocycles. The number of likely N-dealkylation sites (tertiary alicyclic amines) is 1. The third-order valence-electron chi connectivity index (χ3n) is 4.64. The third kappa shape index (κ3) is 6.78. The molecule has 1 amide bonds. The maximum atomic E-state index is 12.5. The summed E-state index contributed by atoms with van der Waals surface area (Å²) in [5, 5.41) is 12.1. The lowest BCUT2D eigenvalue weighted by Gasteiger charge is -2.32. The fourth-order valence-electron chi connectivity index (χ4n) is 3.18. The van der Waals surface area contributed by atoms with E-state index < -0.39 is 0 Å². The highest BCUT2D eigenvalue weighted by Crippen LogP contribution is 2.22. The summed E-state index contributed by atoms with van der Waals surface area (Å²) in [5.41, 5.74) is 1.39. The number of amides is 1. The molecule has 1 saturated heterocycles. The van der Waals surface area contributed by atoms with Gasteiger partial charge >= 0.3 is 5.97 Å². The molecule has 1 fully saturated rings. The van der Waals surface area contributed by atoms with Gasteiger partial charge in [0, 0.05) is 25.8 Å². The highest BCUT2D eigenvalue weighted by Gasteiger charge is 2.25. The van der Waals surface area contributed by atoms with Crippen LogP contribution in [0.4, 0.5) is 0 Å². The second kappa shape index (κ2) is 11.0. The Morgan fingerprint density at radius 1 is 1.30 bits per heavy atom. The zero-order valence-corrected chi connectivity index (χ0v) is 15.8. The molecule has 0 unspecified atom stereocenters. The van der Waals surface area contributed by atoms with E-state index in [9.17, 15) is 14.9 Å². The largest absolute Gasteiger partial charge is 0.466 e. The number of carbonyl (C=O) groups excluding carboxylic acids is 2. The van der Waals surface area contributed by atoms with Gasteiger partial charge in [-0.1, -0.05) is 30.3 Å². The van der Waals surface area contributed by atoms with Crippen molar-refractivity contribution in [2.75, 3.05) is 26.2 Å². The number of nitrogens with zero attached hydrogens (tertiary/aromatic N) is 2. The summed E-state index contributed by atoms with van der Waals surface area (Å²) in [6.07, 6.45) is 4.50. The molecule has 0 atom stereocenters. The minimum Gasteiger partial charge on any atom is -0.466 e. The molecule has 27 heavy (non-hydrogen) atoms. The number of nitriles is 1. The summed E-state index contributed by atoms with van der Waals surface area (Å²) in [4.78, 5) is 25.5. The van der Waals surface area contributed by atoms with E-state index in [1.54, 1.807) is 11.8 Å². The zero-order chi connectivity index (χ0) is 19.5. The Bertz CT molecular complexity index is 686. The van der Waals surface area contributed by atoms with Crippen molar-refractivity contribution in [1.82, 2.24) is 10.2 Å². The Morgan fingerprint density at radius 3 is 2.63 bits per heavy atom. The minimum atomic E-state index is -0.302. The summed E-state index contributed by atoms with van der Waals surface area (Å²) in [5.74, 6) is 0.0108. The van der Waals surface area contributed by atoms with Crippen LogP contribution in [0.15, 0.2) is 42.1 Å². The lowest BCUT2D eigenvalue weighted by molar-refractivity contribution is -0.142. The van der Waals surface area contributed by atoms with Crippen LogP contribution in [0.3, 0.4) is 0 Å². The normalized spacial score (nSPS) is 15.1. The maximum Gasteiger partial charge on any atom is 0.307 e. The van der Waals surface area contributed by atoms with Gasteiger partial charge in [-0.3, -0.25) is 9.59 Å². The quantitative estimate of drug-likeness (QED) is 0.329. The third-order valence-corrected chi connectivity index (χ3v) is 4.64. The van der Waals surface area contributed by atoms with Crippen molar-refractivity contribution in [3.63, 3.8) is 0 Å². The number of nitrogens with one attached hydrogen (secondary N) is 1. The van der Waals surface area contributed by atoms with E-state index in [0.29, 0.717) is 32.2 Å². The average molecular weight is 369 g/mol. The van der Waals surface area contributed by atoms with Gasteiger partial charge in [0.2, 0.25) is 0 Å². The van der Waals surface area contributed by atoms with Crippen molar-refractivity contribution in [1.29, 1.82) is 5.26 Å². The van der Waals surface area contributed by atoms with Crippen LogP contribution >= 0.6 is 0 Å². The Balaban J connectivity index is 1.78. The molecule has 0 saturated carbocycles. The van der Waals surface area contributed by atoms with E-state index in [0.717, 1.165) is 19.3 Å². The maximum absolute atomic E-state index is 12.5. The first-order chi connectivity index (χ1) is 13.1. The van der Waals surface area contributed by atoms with E-state index in [2.05, 4.69) is 17.4 Å². The highest BCUT2D eigenvalue weighted by molar-refractivity contribution is 5.97. The number of rotatable bonds is 8. The first-order valence-electron chi connectivity index (χ1n) is 9.46. The summed E-state index contributed by atoms with van der Waals surface area (Å²) in [7, 11) is 0. The standard InChI is InChI=1S/C21H27N3O3/c1-2-27-20(25)8-11-23-16-19(15-22)21(26)24-12-9-18(10-13-24)14-17-6-4-3-5-7-17/h3-7,16,18,23H,2,8-14H2,1H3/b19-16-. The molecule has 0 aliphatic carbocycles. The van der Waals surface area contributed by atoms with E-state index in [4.69, 9.17) is 4.74 Å². The average Bonchev–Trinajstić information content (AvgIpc) is 2.69. The summed E-state index contributed by atoms with van der Waals surface area (Å²) in [6.45, 7) is 3.75. The van der Waals surface area contributed by atoms with Crippen molar-refractivity contribution in [2.45, 2.75) is 32.6 Å². The number of esters is 1. The Morgan fingerprint density at radius 2 is 2.00 bits per heavy atom. The molecule has 6 nitrogen and oxygen atoms in total. The number of piperidine rings is 1. The van der Waals surface area contributed by atoms with E-state index >= 15 is 0 Å². The SMILES string of the molecule is CCOC(=O)CCN/C=C(/C#N)C(=O)N1CCC(Cc2ccccc2)CC1. The van der Waals surface area contributed by atoms with Gasteiger partial charge in [0.15, 0.2) is 0 Å². The van der Waals surface area contributed by atoms with Gasteiger partial charge < -0.3 is 15.0 Å². The Labute approximate surface area is 160 Å². The van der Waals surface area contributed by atoms with Gasteiger partial charge in [-0.15, -0.1) is 0 Å². The van der Waals surface area contributed by atoms with Crippen LogP contribution in [0.5, 0.6) is 0 Å². The summed E-state index contributed by atoms with van der Waals surface area (Å²) >= 11 is 0. The molecule has 0 spiro atoms. The fourth-order valence-corrected chi connectivity index (χ4v) is 3.18. The van der Waals surface area contributed by atoms with E-state index in [1.807, 2.05) is 24.3 Å². The predicted octanol–water partition coefficient (Wildman–Crippen LogP) is 2.42. The van der Waals surface area contributed by atoms with Crippen LogP contribution in [-0.2, 0) is 20.7 Å². The molecule has 1 aliphatic heterocycles. The van der Waals surface area contributed by atoms with Crippen LogP contribution in [-0.4, -0.2) is 43.0 Å². The monoisotopic (exact) mass is 369 g/mol. The number of ether oxygens (including phenoxy) is 1. The first kappa shape index (κ1) is 20.5. The number of benzene rings is 1. The number of carbonyl (C=O) groups is 2. The van der Waals surface area contributed by atoms with Crippen LogP contribution in [0.2, 0.25) is 0 Å². The highest BCUT2D eigenvalue weighted by atomic mass is 16.5. The van der Waals surface area contributed by atoms with Crippen LogP contribution in [0.1, 0.15) is 31.7 Å². The van der Waals surface area contributed by atoms with Crippen molar-refractivity contribution >= 4 is 11.9 Å². The topological polar surface area (TPSA) is 82.4 Å². The molecule has 0 aromatic heterocycles. The van der Waals surface area contributed by atoms with Crippen molar-refractivity contribution < 1.29 is 14.3 Å². The molecule has 6 heteroatoms. The van der Waals surface area contributed by atoms with Gasteiger partial charge in [0.25, 0.3) is 5.91 Å². The second-order valence-corrected chi connectivity index (χ2v) is 6.60. The Kier molecular flexibility index (Phi) is 8.37. The van der Waals surface area contributed by atoms with Gasteiger partial charge in [-0.2, -0.15) is 5.26 Å². The van der Waals surface area contributed by atoms with Gasteiger partial charge in [0.05, 0.1) is 13.0 Å². The predicted molar refractivity (Wildman–Crippen MR) is 102 cm³/mol. The molecule has 1 aliphatic rings. The molecule has 0 radical (unpaired) electrons. The molecule has 144 valence electrons. The summed E-state index contributed by atoms with van der Waals surface area (Å²) in [6, 6.07) is 12.3. The van der Waals surface area contributed by atoms with Crippen molar-refractivity contribution in [3.8, 4) is 6.07 Å². The van der Waals surface area contributed by atoms with Crippen LogP contribution in [0.25, 0.3) is 0 Å². The molecule has 1 N–H and O–H groups in total. The van der Waals surface area contributed by atoms with E-state index in [-0.39, 0.29) is 23.9 Å². The molecule has 0 bridgehead atoms. The number of hydrogen-bond donors (Lipinski definition) is 1. The van der Waals surface area contributed by atoms with Crippen molar-refractivity contribution in [2.24, 2.45) is 5.92 Å². The molecule has 1 aromatic rings. The van der Waals surface area contributed by atoms with E-state index in [1.165, 1.54) is 11.8 Å². The van der Waals surface area contributed by atoms with Gasteiger partial charge in [-0.25, -0.2) is 0 Å². The minimum absolute atomic E-state index is 0.0698. The number of hydrogen-bond acceptors (Lipinski definition) is 5. The van der Waals surface area contributed by atoms with Gasteiger partial charge in [0.1, 0.15) is 11.6 Å².